The molecule has 0 bridgehead atoms. The molecule has 3 N–H and O–H groups in total. The average molecular weight is 270 g/mol. The molecule has 0 spiro atoms. The van der Waals surface area contributed by atoms with Crippen molar-refractivity contribution in [1.29, 1.82) is 0 Å². The highest BCUT2D eigenvalue weighted by Crippen LogP contribution is 2.35. The first-order chi connectivity index (χ1) is 8.82. The first-order valence-corrected chi connectivity index (χ1v) is 7.10. The molecular weight excluding hydrogens is 244 g/mol. The van der Waals surface area contributed by atoms with E-state index in [9.17, 15) is 14.7 Å². The van der Waals surface area contributed by atoms with Gasteiger partial charge in [-0.05, 0) is 25.2 Å². The maximum atomic E-state index is 12.2. The van der Waals surface area contributed by atoms with Crippen LogP contribution < -0.4 is 5.73 Å². The summed E-state index contributed by atoms with van der Waals surface area (Å²) in [4.78, 5) is 25.3. The van der Waals surface area contributed by atoms with Gasteiger partial charge in [-0.2, -0.15) is 0 Å². The van der Waals surface area contributed by atoms with E-state index in [1.807, 2.05) is 20.8 Å². The Labute approximate surface area is 115 Å². The molecule has 0 radical (unpaired) electrons. The first-order valence-electron chi connectivity index (χ1n) is 7.10. The number of likely N-dealkylation sites (tertiary alicyclic amines) is 1. The zero-order valence-electron chi connectivity index (χ0n) is 12.2. The lowest BCUT2D eigenvalue weighted by Crippen LogP contribution is -2.45. The molecular formula is C14H26N2O3. The highest BCUT2D eigenvalue weighted by Gasteiger charge is 2.45. The first kappa shape index (κ1) is 16.0. The second-order valence-corrected chi connectivity index (χ2v) is 6.08. The molecule has 0 aromatic rings. The SMILES string of the molecule is CCCC1(C(=O)O)CCN(C(=O)[C@H](N)CC(C)C)C1. The van der Waals surface area contributed by atoms with Crippen LogP contribution >= 0.6 is 0 Å². The summed E-state index contributed by atoms with van der Waals surface area (Å²) in [5.74, 6) is -0.531. The molecule has 1 rings (SSSR count). The van der Waals surface area contributed by atoms with Gasteiger partial charge in [-0.3, -0.25) is 9.59 Å². The molecule has 1 fully saturated rings. The van der Waals surface area contributed by atoms with Crippen molar-refractivity contribution < 1.29 is 14.7 Å². The van der Waals surface area contributed by atoms with Gasteiger partial charge in [0.25, 0.3) is 0 Å². The number of carbonyl (C=O) groups excluding carboxylic acids is 1. The Kier molecular flexibility index (Phi) is 5.35. The third-order valence-corrected chi connectivity index (χ3v) is 3.89. The second kappa shape index (κ2) is 6.37. The van der Waals surface area contributed by atoms with E-state index in [0.717, 1.165) is 6.42 Å². The lowest BCUT2D eigenvalue weighted by Gasteiger charge is -2.26. The number of carboxylic acids is 1. The van der Waals surface area contributed by atoms with E-state index < -0.39 is 17.4 Å². The fourth-order valence-corrected chi connectivity index (χ4v) is 2.87. The van der Waals surface area contributed by atoms with Crippen molar-refractivity contribution in [2.75, 3.05) is 13.1 Å². The third kappa shape index (κ3) is 3.69. The van der Waals surface area contributed by atoms with Crippen LogP contribution in [0, 0.1) is 11.3 Å². The van der Waals surface area contributed by atoms with Gasteiger partial charge in [0.05, 0.1) is 11.5 Å². The van der Waals surface area contributed by atoms with Crippen molar-refractivity contribution in [1.82, 2.24) is 4.90 Å². The van der Waals surface area contributed by atoms with Crippen molar-refractivity contribution in [2.24, 2.45) is 17.1 Å². The zero-order chi connectivity index (χ0) is 14.6. The van der Waals surface area contributed by atoms with Crippen LogP contribution in [0.1, 0.15) is 46.5 Å². The third-order valence-electron chi connectivity index (χ3n) is 3.89. The number of nitrogens with zero attached hydrogens (tertiary/aromatic N) is 1. The van der Waals surface area contributed by atoms with Crippen LogP contribution in [0.15, 0.2) is 0 Å². The number of carboxylic acid groups (broad SMARTS) is 1. The lowest BCUT2D eigenvalue weighted by atomic mass is 9.83. The van der Waals surface area contributed by atoms with E-state index in [0.29, 0.717) is 38.3 Å². The molecule has 5 nitrogen and oxygen atoms in total. The van der Waals surface area contributed by atoms with E-state index in [-0.39, 0.29) is 5.91 Å². The normalized spacial score (nSPS) is 24.8. The summed E-state index contributed by atoms with van der Waals surface area (Å²) >= 11 is 0. The molecule has 1 heterocycles. The summed E-state index contributed by atoms with van der Waals surface area (Å²) in [6.07, 6.45) is 2.61. The van der Waals surface area contributed by atoms with Crippen LogP contribution in [-0.2, 0) is 9.59 Å². The van der Waals surface area contributed by atoms with E-state index in [2.05, 4.69) is 0 Å². The highest BCUT2D eigenvalue weighted by molar-refractivity contribution is 5.84. The topological polar surface area (TPSA) is 83.6 Å². The molecule has 0 aliphatic carbocycles. The zero-order valence-corrected chi connectivity index (χ0v) is 12.2. The Bertz CT molecular complexity index is 344. The molecule has 2 atom stereocenters. The van der Waals surface area contributed by atoms with Gasteiger partial charge in [0.1, 0.15) is 0 Å². The number of amides is 1. The number of carbonyl (C=O) groups is 2. The molecule has 0 saturated carbocycles. The number of hydrogen-bond acceptors (Lipinski definition) is 3. The molecule has 0 aromatic heterocycles. The largest absolute Gasteiger partial charge is 0.481 e. The van der Waals surface area contributed by atoms with Crippen LogP contribution in [0.5, 0.6) is 0 Å². The average Bonchev–Trinajstić information content (AvgIpc) is 2.73. The van der Waals surface area contributed by atoms with Crippen molar-refractivity contribution in [2.45, 2.75) is 52.5 Å². The van der Waals surface area contributed by atoms with Crippen molar-refractivity contribution in [3.05, 3.63) is 0 Å². The van der Waals surface area contributed by atoms with Crippen LogP contribution in [0.3, 0.4) is 0 Å². The molecule has 5 heteroatoms. The van der Waals surface area contributed by atoms with Gasteiger partial charge in [-0.25, -0.2) is 0 Å². The van der Waals surface area contributed by atoms with Crippen LogP contribution in [0.2, 0.25) is 0 Å². The number of nitrogens with two attached hydrogens (primary N) is 1. The van der Waals surface area contributed by atoms with Gasteiger partial charge < -0.3 is 15.7 Å². The molecule has 1 aliphatic heterocycles. The molecule has 0 aromatic carbocycles. The summed E-state index contributed by atoms with van der Waals surface area (Å²) in [6.45, 7) is 6.84. The fraction of sp³-hybridized carbons (Fsp3) is 0.857. The van der Waals surface area contributed by atoms with Crippen LogP contribution in [0.25, 0.3) is 0 Å². The Morgan fingerprint density at radius 3 is 2.53 bits per heavy atom. The van der Waals surface area contributed by atoms with Crippen LogP contribution in [-0.4, -0.2) is 41.0 Å². The fourth-order valence-electron chi connectivity index (χ4n) is 2.87. The Morgan fingerprint density at radius 1 is 1.42 bits per heavy atom. The Balaban J connectivity index is 2.68. The quantitative estimate of drug-likeness (QED) is 0.765. The maximum Gasteiger partial charge on any atom is 0.311 e. The maximum absolute atomic E-state index is 12.2. The highest BCUT2D eigenvalue weighted by atomic mass is 16.4. The van der Waals surface area contributed by atoms with Crippen molar-refractivity contribution in [3.8, 4) is 0 Å². The van der Waals surface area contributed by atoms with E-state index >= 15 is 0 Å². The van der Waals surface area contributed by atoms with Gasteiger partial charge in [-0.1, -0.05) is 27.2 Å². The summed E-state index contributed by atoms with van der Waals surface area (Å²) in [5, 5.41) is 9.41. The minimum absolute atomic E-state index is 0.104. The second-order valence-electron chi connectivity index (χ2n) is 6.08. The lowest BCUT2D eigenvalue weighted by molar-refractivity contribution is -0.149. The molecule has 1 amide bonds. The molecule has 1 saturated heterocycles. The smallest absolute Gasteiger partial charge is 0.311 e. The van der Waals surface area contributed by atoms with Gasteiger partial charge in [0, 0.05) is 13.1 Å². The number of rotatable bonds is 6. The Hall–Kier alpha value is -1.10. The van der Waals surface area contributed by atoms with Crippen molar-refractivity contribution in [3.63, 3.8) is 0 Å². The summed E-state index contributed by atoms with van der Waals surface area (Å²) in [7, 11) is 0. The predicted octanol–water partition coefficient (Wildman–Crippen LogP) is 1.46. The monoisotopic (exact) mass is 270 g/mol. The van der Waals surface area contributed by atoms with Crippen molar-refractivity contribution >= 4 is 11.9 Å². The molecule has 110 valence electrons. The summed E-state index contributed by atoms with van der Waals surface area (Å²) in [6, 6.07) is -0.508. The minimum atomic E-state index is -0.790. The van der Waals surface area contributed by atoms with E-state index in [1.165, 1.54) is 0 Å². The van der Waals surface area contributed by atoms with Gasteiger partial charge in [0.2, 0.25) is 5.91 Å². The minimum Gasteiger partial charge on any atom is -0.481 e. The molecule has 19 heavy (non-hydrogen) atoms. The summed E-state index contributed by atoms with van der Waals surface area (Å²) < 4.78 is 0. The van der Waals surface area contributed by atoms with E-state index in [1.54, 1.807) is 4.90 Å². The molecule has 1 aliphatic rings. The number of aliphatic carboxylic acids is 1. The van der Waals surface area contributed by atoms with Gasteiger partial charge in [-0.15, -0.1) is 0 Å². The van der Waals surface area contributed by atoms with Crippen LogP contribution in [0.4, 0.5) is 0 Å². The Morgan fingerprint density at radius 2 is 2.05 bits per heavy atom. The summed E-state index contributed by atoms with van der Waals surface area (Å²) in [5.41, 5.74) is 5.14. The van der Waals surface area contributed by atoms with Gasteiger partial charge >= 0.3 is 5.97 Å². The van der Waals surface area contributed by atoms with E-state index in [4.69, 9.17) is 5.73 Å². The predicted molar refractivity (Wildman–Crippen MR) is 73.6 cm³/mol. The van der Waals surface area contributed by atoms with Gasteiger partial charge in [0.15, 0.2) is 0 Å². The standard InChI is InChI=1S/C14H26N2O3/c1-4-5-14(13(18)19)6-7-16(9-14)12(17)11(15)8-10(2)3/h10-11H,4-9,15H2,1-3H3,(H,18,19)/t11-,14?/m1/s1. The number of hydrogen-bond donors (Lipinski definition) is 2. The molecule has 1 unspecified atom stereocenters.